The minimum absolute atomic E-state index is 0.0580. The Morgan fingerprint density at radius 3 is 2.27 bits per heavy atom. The summed E-state index contributed by atoms with van der Waals surface area (Å²) >= 11 is 0. The number of hydrogen-bond donors (Lipinski definition) is 1. The highest BCUT2D eigenvalue weighted by molar-refractivity contribution is 5.92. The summed E-state index contributed by atoms with van der Waals surface area (Å²) in [6.07, 6.45) is 2.42. The van der Waals surface area contributed by atoms with E-state index in [1.807, 2.05) is 0 Å². The number of methoxy groups -OCH3 is 2. The van der Waals surface area contributed by atoms with Gasteiger partial charge in [-0.1, -0.05) is 18.2 Å². The van der Waals surface area contributed by atoms with Crippen LogP contribution in [-0.2, 0) is 14.3 Å². The van der Waals surface area contributed by atoms with Gasteiger partial charge in [-0.2, -0.15) is 8.78 Å². The molecule has 0 spiro atoms. The summed E-state index contributed by atoms with van der Waals surface area (Å²) in [6, 6.07) is 10.6. The molecule has 0 fully saturated rings. The third kappa shape index (κ3) is 8.44. The van der Waals surface area contributed by atoms with Crippen molar-refractivity contribution in [3.05, 3.63) is 59.7 Å². The van der Waals surface area contributed by atoms with E-state index in [9.17, 15) is 18.4 Å². The number of carbonyl (C=O) groups excluding carboxylic acids is 2. The molecule has 33 heavy (non-hydrogen) atoms. The van der Waals surface area contributed by atoms with Crippen molar-refractivity contribution >= 4 is 18.0 Å². The number of halogens is 2. The smallest absolute Gasteiger partial charge is 0.387 e. The molecule has 0 aliphatic carbocycles. The molecule has 0 saturated carbocycles. The number of ether oxygens (including phenoxy) is 4. The Hall–Kier alpha value is -3.62. The van der Waals surface area contributed by atoms with Crippen molar-refractivity contribution in [2.24, 2.45) is 0 Å². The lowest BCUT2D eigenvalue weighted by Crippen LogP contribution is -2.29. The van der Waals surface area contributed by atoms with Crippen molar-refractivity contribution in [1.82, 2.24) is 5.32 Å². The largest absolute Gasteiger partial charge is 0.497 e. The SMILES string of the molecule is COc1ccc(C(CC(=O)OC(C)C)NC(=O)/C=C/c2ccc(OC(F)F)c(OC)c2)cc1. The average Bonchev–Trinajstić information content (AvgIpc) is 2.77. The van der Waals surface area contributed by atoms with Gasteiger partial charge in [0.1, 0.15) is 5.75 Å². The lowest BCUT2D eigenvalue weighted by Gasteiger charge is -2.19. The molecule has 1 N–H and O–H groups in total. The number of rotatable bonds is 11. The maximum atomic E-state index is 12.6. The number of amides is 1. The molecule has 0 radical (unpaired) electrons. The Morgan fingerprint density at radius 2 is 1.70 bits per heavy atom. The van der Waals surface area contributed by atoms with Crippen LogP contribution in [0.15, 0.2) is 48.5 Å². The molecule has 9 heteroatoms. The molecule has 7 nitrogen and oxygen atoms in total. The van der Waals surface area contributed by atoms with Gasteiger partial charge in [0.2, 0.25) is 5.91 Å². The second kappa shape index (κ2) is 12.4. The van der Waals surface area contributed by atoms with Crippen molar-refractivity contribution in [3.63, 3.8) is 0 Å². The number of benzene rings is 2. The first-order valence-corrected chi connectivity index (χ1v) is 10.2. The Morgan fingerprint density at radius 1 is 1.00 bits per heavy atom. The lowest BCUT2D eigenvalue weighted by atomic mass is 10.0. The maximum Gasteiger partial charge on any atom is 0.387 e. The molecule has 1 unspecified atom stereocenters. The Kier molecular flexibility index (Phi) is 9.65. The van der Waals surface area contributed by atoms with Crippen LogP contribution in [0.3, 0.4) is 0 Å². The summed E-state index contributed by atoms with van der Waals surface area (Å²) in [5, 5.41) is 2.79. The molecule has 1 atom stereocenters. The highest BCUT2D eigenvalue weighted by Gasteiger charge is 2.19. The van der Waals surface area contributed by atoms with E-state index >= 15 is 0 Å². The zero-order chi connectivity index (χ0) is 24.4. The standard InChI is InChI=1S/C24H27F2NO6/c1-15(2)32-23(29)14-19(17-7-9-18(30-3)10-8-17)27-22(28)12-6-16-5-11-20(33-24(25)26)21(13-16)31-4/h5-13,15,19,24H,14H2,1-4H3,(H,27,28)/b12-6+. The van der Waals surface area contributed by atoms with Crippen LogP contribution >= 0.6 is 0 Å². The van der Waals surface area contributed by atoms with Crippen LogP contribution in [0.1, 0.15) is 37.4 Å². The molecule has 0 saturated heterocycles. The minimum atomic E-state index is -2.98. The quantitative estimate of drug-likeness (QED) is 0.390. The highest BCUT2D eigenvalue weighted by Crippen LogP contribution is 2.30. The fraction of sp³-hybridized carbons (Fsp3) is 0.333. The lowest BCUT2D eigenvalue weighted by molar-refractivity contribution is -0.148. The van der Waals surface area contributed by atoms with Gasteiger partial charge in [0.15, 0.2) is 11.5 Å². The van der Waals surface area contributed by atoms with Crippen molar-refractivity contribution in [2.75, 3.05) is 14.2 Å². The number of hydrogen-bond acceptors (Lipinski definition) is 6. The second-order valence-corrected chi connectivity index (χ2v) is 7.20. The number of alkyl halides is 2. The van der Waals surface area contributed by atoms with Gasteiger partial charge < -0.3 is 24.3 Å². The molecule has 2 aromatic carbocycles. The van der Waals surface area contributed by atoms with Gasteiger partial charge in [0.25, 0.3) is 0 Å². The molecule has 0 aromatic heterocycles. The van der Waals surface area contributed by atoms with E-state index in [1.54, 1.807) is 45.2 Å². The summed E-state index contributed by atoms with van der Waals surface area (Å²) in [5.41, 5.74) is 1.23. The Balaban J connectivity index is 2.15. The topological polar surface area (TPSA) is 83.1 Å². The zero-order valence-electron chi connectivity index (χ0n) is 18.8. The highest BCUT2D eigenvalue weighted by atomic mass is 19.3. The van der Waals surface area contributed by atoms with Crippen LogP contribution in [0, 0.1) is 0 Å². The predicted molar refractivity (Wildman–Crippen MR) is 118 cm³/mol. The number of nitrogens with one attached hydrogen (secondary N) is 1. The normalized spacial score (nSPS) is 12.0. The van der Waals surface area contributed by atoms with Crippen LogP contribution < -0.4 is 19.5 Å². The van der Waals surface area contributed by atoms with Crippen LogP contribution in [0.2, 0.25) is 0 Å². The van der Waals surface area contributed by atoms with Gasteiger partial charge in [-0.3, -0.25) is 9.59 Å². The molecule has 0 bridgehead atoms. The summed E-state index contributed by atoms with van der Waals surface area (Å²) < 4.78 is 44.7. The summed E-state index contributed by atoms with van der Waals surface area (Å²) in [4.78, 5) is 24.8. The molecule has 178 valence electrons. The van der Waals surface area contributed by atoms with Gasteiger partial charge in [-0.25, -0.2) is 0 Å². The molecule has 1 amide bonds. The zero-order valence-corrected chi connectivity index (χ0v) is 18.8. The maximum absolute atomic E-state index is 12.6. The van der Waals surface area contributed by atoms with E-state index in [4.69, 9.17) is 14.2 Å². The first kappa shape index (κ1) is 25.6. The second-order valence-electron chi connectivity index (χ2n) is 7.20. The van der Waals surface area contributed by atoms with Gasteiger partial charge in [0, 0.05) is 6.08 Å². The van der Waals surface area contributed by atoms with Crippen molar-refractivity contribution < 1.29 is 37.3 Å². The van der Waals surface area contributed by atoms with Crippen LogP contribution in [-0.4, -0.2) is 38.8 Å². The molecule has 0 aliphatic heterocycles. The molecular weight excluding hydrogens is 436 g/mol. The Bertz CT molecular complexity index is 960. The van der Waals surface area contributed by atoms with Crippen LogP contribution in [0.4, 0.5) is 8.78 Å². The monoisotopic (exact) mass is 463 g/mol. The third-order valence-electron chi connectivity index (χ3n) is 4.40. The summed E-state index contributed by atoms with van der Waals surface area (Å²) in [6.45, 7) is 0.504. The fourth-order valence-corrected chi connectivity index (χ4v) is 2.94. The van der Waals surface area contributed by atoms with Crippen LogP contribution in [0.5, 0.6) is 17.2 Å². The number of carbonyl (C=O) groups is 2. The molecule has 0 heterocycles. The van der Waals surface area contributed by atoms with Crippen molar-refractivity contribution in [2.45, 2.75) is 39.0 Å². The third-order valence-corrected chi connectivity index (χ3v) is 4.40. The van der Waals surface area contributed by atoms with Gasteiger partial charge in [0.05, 0.1) is 32.8 Å². The van der Waals surface area contributed by atoms with E-state index in [0.29, 0.717) is 16.9 Å². The van der Waals surface area contributed by atoms with Crippen LogP contribution in [0.25, 0.3) is 6.08 Å². The van der Waals surface area contributed by atoms with E-state index in [1.165, 1.54) is 37.5 Å². The molecule has 2 rings (SSSR count). The predicted octanol–water partition coefficient (Wildman–Crippen LogP) is 4.52. The van der Waals surface area contributed by atoms with E-state index in [-0.39, 0.29) is 24.0 Å². The first-order chi connectivity index (χ1) is 15.7. The molecule has 2 aromatic rings. The molecular formula is C24H27F2NO6. The van der Waals surface area contributed by atoms with Gasteiger partial charge >= 0.3 is 12.6 Å². The fourth-order valence-electron chi connectivity index (χ4n) is 2.94. The summed E-state index contributed by atoms with van der Waals surface area (Å²) in [7, 11) is 2.86. The first-order valence-electron chi connectivity index (χ1n) is 10.2. The average molecular weight is 463 g/mol. The van der Waals surface area contributed by atoms with E-state index < -0.39 is 24.5 Å². The molecule has 0 aliphatic rings. The van der Waals surface area contributed by atoms with Crippen molar-refractivity contribution in [3.8, 4) is 17.2 Å². The van der Waals surface area contributed by atoms with Gasteiger partial charge in [-0.15, -0.1) is 0 Å². The van der Waals surface area contributed by atoms with Crippen molar-refractivity contribution in [1.29, 1.82) is 0 Å². The minimum Gasteiger partial charge on any atom is -0.497 e. The Labute approximate surface area is 191 Å². The summed E-state index contributed by atoms with van der Waals surface area (Å²) in [5.74, 6) is -0.279. The van der Waals surface area contributed by atoms with Gasteiger partial charge in [-0.05, 0) is 55.3 Å². The van der Waals surface area contributed by atoms with E-state index in [2.05, 4.69) is 10.1 Å². The van der Waals surface area contributed by atoms with E-state index in [0.717, 1.165) is 0 Å². The number of esters is 1.